The third-order valence-corrected chi connectivity index (χ3v) is 3.17. The molecule has 1 unspecified atom stereocenters. The van der Waals surface area contributed by atoms with Gasteiger partial charge in [0.2, 0.25) is 5.88 Å². The molecule has 3 aromatic rings. The minimum absolute atomic E-state index is 0.260. The number of imidazole rings is 1. The molecule has 7 heteroatoms. The monoisotopic (exact) mass is 292 g/mol. The van der Waals surface area contributed by atoms with Gasteiger partial charge in [0, 0.05) is 0 Å². The molecular formula is C13H13ClN4O2. The van der Waals surface area contributed by atoms with E-state index in [9.17, 15) is 0 Å². The number of fused-ring (bicyclic) bond motifs is 1. The fourth-order valence-electron chi connectivity index (χ4n) is 2.10. The van der Waals surface area contributed by atoms with Gasteiger partial charge in [0.05, 0.1) is 25.3 Å². The second kappa shape index (κ2) is 5.13. The summed E-state index contributed by atoms with van der Waals surface area (Å²) in [5.41, 5.74) is 1.28. The summed E-state index contributed by atoms with van der Waals surface area (Å²) in [5, 5.41) is -0.260. The number of ether oxygens (including phenoxy) is 1. The molecule has 0 aliphatic heterocycles. The Morgan fingerprint density at radius 3 is 2.95 bits per heavy atom. The van der Waals surface area contributed by atoms with Crippen LogP contribution in [0.5, 0.6) is 5.88 Å². The molecule has 0 aromatic carbocycles. The summed E-state index contributed by atoms with van der Waals surface area (Å²) in [6, 6.07) is 3.74. The van der Waals surface area contributed by atoms with Gasteiger partial charge in [0.15, 0.2) is 11.2 Å². The predicted octanol–water partition coefficient (Wildman–Crippen LogP) is 2.78. The molecule has 0 fully saturated rings. The van der Waals surface area contributed by atoms with Gasteiger partial charge in [-0.3, -0.25) is 0 Å². The van der Waals surface area contributed by atoms with Gasteiger partial charge < -0.3 is 13.7 Å². The van der Waals surface area contributed by atoms with Crippen LogP contribution in [0.25, 0.3) is 11.2 Å². The van der Waals surface area contributed by atoms with Crippen LogP contribution in [-0.2, 0) is 6.54 Å². The molecule has 0 aliphatic rings. The van der Waals surface area contributed by atoms with E-state index in [1.165, 1.54) is 6.33 Å². The van der Waals surface area contributed by atoms with Crippen molar-refractivity contribution >= 4 is 22.8 Å². The maximum absolute atomic E-state index is 6.21. The molecule has 0 amide bonds. The van der Waals surface area contributed by atoms with Gasteiger partial charge in [-0.2, -0.15) is 4.98 Å². The standard InChI is InChI=1S/C13H13ClN4O2/c1-8(14)11-17-10-12(15-7-16-13(10)19-2)18(11)6-9-4-3-5-20-9/h3-5,7-8H,6H2,1-2H3. The average molecular weight is 293 g/mol. The molecule has 104 valence electrons. The molecule has 0 aliphatic carbocycles. The van der Waals surface area contributed by atoms with Gasteiger partial charge in [-0.05, 0) is 19.1 Å². The molecule has 1 atom stereocenters. The zero-order valence-electron chi connectivity index (χ0n) is 11.1. The van der Waals surface area contributed by atoms with Crippen LogP contribution < -0.4 is 4.74 Å². The highest BCUT2D eigenvalue weighted by Crippen LogP contribution is 2.28. The molecule has 0 radical (unpaired) electrons. The van der Waals surface area contributed by atoms with Gasteiger partial charge in [0.25, 0.3) is 0 Å². The Balaban J connectivity index is 2.19. The number of halogens is 1. The van der Waals surface area contributed by atoms with Crippen LogP contribution in [0.4, 0.5) is 0 Å². The summed E-state index contributed by atoms with van der Waals surface area (Å²) in [6.07, 6.45) is 3.08. The Hall–Kier alpha value is -2.08. The molecule has 3 aromatic heterocycles. The number of nitrogens with zero attached hydrogens (tertiary/aromatic N) is 4. The number of hydrogen-bond acceptors (Lipinski definition) is 5. The predicted molar refractivity (Wildman–Crippen MR) is 74.0 cm³/mol. The quantitative estimate of drug-likeness (QED) is 0.692. The summed E-state index contributed by atoms with van der Waals surface area (Å²) >= 11 is 6.21. The fraction of sp³-hybridized carbons (Fsp3) is 0.308. The van der Waals surface area contributed by atoms with Crippen molar-refractivity contribution in [2.75, 3.05) is 7.11 Å². The normalized spacial score (nSPS) is 12.8. The lowest BCUT2D eigenvalue weighted by Gasteiger charge is -2.07. The smallest absolute Gasteiger partial charge is 0.245 e. The maximum atomic E-state index is 6.21. The zero-order valence-corrected chi connectivity index (χ0v) is 11.8. The second-order valence-electron chi connectivity index (χ2n) is 4.31. The Labute approximate surface area is 120 Å². The Morgan fingerprint density at radius 1 is 1.45 bits per heavy atom. The molecule has 20 heavy (non-hydrogen) atoms. The molecule has 0 spiro atoms. The van der Waals surface area contributed by atoms with Crippen LogP contribution in [0.15, 0.2) is 29.1 Å². The molecule has 0 saturated heterocycles. The minimum Gasteiger partial charge on any atom is -0.479 e. The van der Waals surface area contributed by atoms with Crippen molar-refractivity contribution in [3.63, 3.8) is 0 Å². The first-order valence-corrected chi connectivity index (χ1v) is 6.56. The van der Waals surface area contributed by atoms with Crippen molar-refractivity contribution in [3.05, 3.63) is 36.3 Å². The number of hydrogen-bond donors (Lipinski definition) is 0. The van der Waals surface area contributed by atoms with E-state index in [-0.39, 0.29) is 5.38 Å². The first-order chi connectivity index (χ1) is 9.70. The van der Waals surface area contributed by atoms with Crippen LogP contribution in [0.1, 0.15) is 23.9 Å². The number of methoxy groups -OCH3 is 1. The van der Waals surface area contributed by atoms with Crippen LogP contribution in [-0.4, -0.2) is 26.6 Å². The lowest BCUT2D eigenvalue weighted by Crippen LogP contribution is -2.06. The maximum Gasteiger partial charge on any atom is 0.245 e. The van der Waals surface area contributed by atoms with Gasteiger partial charge in [0.1, 0.15) is 17.9 Å². The van der Waals surface area contributed by atoms with Crippen LogP contribution >= 0.6 is 11.6 Å². The average Bonchev–Trinajstić information content (AvgIpc) is 3.07. The van der Waals surface area contributed by atoms with E-state index in [0.29, 0.717) is 29.4 Å². The lowest BCUT2D eigenvalue weighted by atomic mass is 10.4. The van der Waals surface area contributed by atoms with Crippen molar-refractivity contribution in [3.8, 4) is 5.88 Å². The highest BCUT2D eigenvalue weighted by atomic mass is 35.5. The van der Waals surface area contributed by atoms with Crippen molar-refractivity contribution in [1.82, 2.24) is 19.5 Å². The SMILES string of the molecule is COc1ncnc2c1nc(C(C)Cl)n2Cc1ccco1. The largest absolute Gasteiger partial charge is 0.479 e. The molecular weight excluding hydrogens is 280 g/mol. The van der Waals surface area contributed by atoms with Crippen molar-refractivity contribution in [2.24, 2.45) is 0 Å². The molecule has 3 heterocycles. The number of alkyl halides is 1. The summed E-state index contributed by atoms with van der Waals surface area (Å²) in [5.74, 6) is 1.95. The van der Waals surface area contributed by atoms with Crippen molar-refractivity contribution in [2.45, 2.75) is 18.8 Å². The first-order valence-electron chi connectivity index (χ1n) is 6.12. The highest BCUT2D eigenvalue weighted by molar-refractivity contribution is 6.20. The van der Waals surface area contributed by atoms with E-state index in [1.54, 1.807) is 13.4 Å². The summed E-state index contributed by atoms with van der Waals surface area (Å²) < 4.78 is 12.5. The summed E-state index contributed by atoms with van der Waals surface area (Å²) in [4.78, 5) is 12.8. The third kappa shape index (κ3) is 2.12. The molecule has 6 nitrogen and oxygen atoms in total. The highest BCUT2D eigenvalue weighted by Gasteiger charge is 2.20. The van der Waals surface area contributed by atoms with E-state index in [2.05, 4.69) is 15.0 Å². The molecule has 0 saturated carbocycles. The first kappa shape index (κ1) is 12.9. The van der Waals surface area contributed by atoms with Gasteiger partial charge in [-0.25, -0.2) is 9.97 Å². The van der Waals surface area contributed by atoms with E-state index in [4.69, 9.17) is 20.8 Å². The van der Waals surface area contributed by atoms with Gasteiger partial charge >= 0.3 is 0 Å². The van der Waals surface area contributed by atoms with Crippen LogP contribution in [0, 0.1) is 0 Å². The Kier molecular flexibility index (Phi) is 3.31. The zero-order chi connectivity index (χ0) is 14.1. The van der Waals surface area contributed by atoms with E-state index >= 15 is 0 Å². The molecule has 0 bridgehead atoms. The van der Waals surface area contributed by atoms with Crippen molar-refractivity contribution in [1.29, 1.82) is 0 Å². The van der Waals surface area contributed by atoms with Crippen LogP contribution in [0.3, 0.4) is 0 Å². The van der Waals surface area contributed by atoms with Gasteiger partial charge in [-0.15, -0.1) is 11.6 Å². The number of furan rings is 1. The molecule has 3 rings (SSSR count). The van der Waals surface area contributed by atoms with E-state index in [1.807, 2.05) is 23.6 Å². The second-order valence-corrected chi connectivity index (χ2v) is 4.96. The fourth-order valence-corrected chi connectivity index (χ4v) is 2.27. The summed E-state index contributed by atoms with van der Waals surface area (Å²) in [6.45, 7) is 2.37. The van der Waals surface area contributed by atoms with E-state index in [0.717, 1.165) is 5.76 Å². The lowest BCUT2D eigenvalue weighted by molar-refractivity contribution is 0.401. The van der Waals surface area contributed by atoms with Crippen LogP contribution in [0.2, 0.25) is 0 Å². The third-order valence-electron chi connectivity index (χ3n) is 2.97. The Bertz CT molecular complexity index is 721. The van der Waals surface area contributed by atoms with Crippen molar-refractivity contribution < 1.29 is 9.15 Å². The van der Waals surface area contributed by atoms with Gasteiger partial charge in [-0.1, -0.05) is 0 Å². The molecule has 0 N–H and O–H groups in total. The number of rotatable bonds is 4. The number of aromatic nitrogens is 4. The minimum atomic E-state index is -0.260. The Morgan fingerprint density at radius 2 is 2.30 bits per heavy atom. The topological polar surface area (TPSA) is 66.0 Å². The van der Waals surface area contributed by atoms with E-state index < -0.39 is 0 Å². The summed E-state index contributed by atoms with van der Waals surface area (Å²) in [7, 11) is 1.55.